The number of rotatable bonds is 8. The fraction of sp³-hybridized carbons (Fsp3) is 0.231. The average Bonchev–Trinajstić information content (AvgIpc) is 2.87. The molecular weight excluding hydrogens is 434 g/mol. The number of para-hydroxylation sites is 1. The van der Waals surface area contributed by atoms with Gasteiger partial charge in [-0.2, -0.15) is 11.8 Å². The third-order valence-corrected chi connectivity index (χ3v) is 6.44. The number of nitrogens with two attached hydrogens (primary N) is 1. The lowest BCUT2D eigenvalue weighted by atomic mass is 10.1. The Labute approximate surface area is 198 Å². The van der Waals surface area contributed by atoms with E-state index in [0.29, 0.717) is 23.4 Å². The number of anilines is 1. The molecule has 170 valence electrons. The number of ether oxygens (including phenoxy) is 1. The highest BCUT2D eigenvalue weighted by molar-refractivity contribution is 7.99. The summed E-state index contributed by atoms with van der Waals surface area (Å²) in [6, 6.07) is 22.5. The molecule has 3 aromatic rings. The highest BCUT2D eigenvalue weighted by Crippen LogP contribution is 2.21. The summed E-state index contributed by atoms with van der Waals surface area (Å²) < 4.78 is 5.77. The number of nitrogens with one attached hydrogen (secondary N) is 1. The van der Waals surface area contributed by atoms with Crippen LogP contribution >= 0.6 is 11.8 Å². The van der Waals surface area contributed by atoms with Crippen LogP contribution in [0.5, 0.6) is 5.75 Å². The Hall–Kier alpha value is -3.45. The molecule has 1 aliphatic rings. The van der Waals surface area contributed by atoms with Gasteiger partial charge in [-0.1, -0.05) is 36.4 Å². The van der Waals surface area contributed by atoms with Crippen LogP contribution in [-0.2, 0) is 13.2 Å². The number of amides is 2. The fourth-order valence-corrected chi connectivity index (χ4v) is 4.59. The maximum atomic E-state index is 12.7. The molecule has 6 nitrogen and oxygen atoms in total. The van der Waals surface area contributed by atoms with Crippen LogP contribution in [0.15, 0.2) is 72.8 Å². The Morgan fingerprint density at radius 1 is 0.939 bits per heavy atom. The van der Waals surface area contributed by atoms with E-state index in [-0.39, 0.29) is 12.5 Å². The van der Waals surface area contributed by atoms with Crippen LogP contribution < -0.4 is 20.7 Å². The number of carbonyl (C=O) groups is 2. The topological polar surface area (TPSA) is 84.7 Å². The Balaban J connectivity index is 1.33. The minimum Gasteiger partial charge on any atom is -0.488 e. The van der Waals surface area contributed by atoms with E-state index >= 15 is 0 Å². The molecule has 2 amide bonds. The smallest absolute Gasteiger partial charge is 0.252 e. The van der Waals surface area contributed by atoms with Crippen molar-refractivity contribution in [3.63, 3.8) is 0 Å². The summed E-state index contributed by atoms with van der Waals surface area (Å²) >= 11 is 1.99. The second-order valence-electron chi connectivity index (χ2n) is 7.80. The van der Waals surface area contributed by atoms with Crippen molar-refractivity contribution in [2.24, 2.45) is 5.73 Å². The molecule has 0 atom stereocenters. The first kappa shape index (κ1) is 22.7. The van der Waals surface area contributed by atoms with Crippen LogP contribution in [0, 0.1) is 0 Å². The molecule has 7 heteroatoms. The second kappa shape index (κ2) is 10.9. The van der Waals surface area contributed by atoms with Gasteiger partial charge in [0.15, 0.2) is 0 Å². The van der Waals surface area contributed by atoms with Gasteiger partial charge in [0.25, 0.3) is 11.8 Å². The SMILES string of the molecule is NC(=O)c1ccccc1OCc1cccc(C(=O)NCc2ccc(N3CCSCC3)cc2)c1. The highest BCUT2D eigenvalue weighted by Gasteiger charge is 2.12. The van der Waals surface area contributed by atoms with Crippen molar-refractivity contribution in [2.45, 2.75) is 13.2 Å². The molecule has 33 heavy (non-hydrogen) atoms. The molecule has 1 heterocycles. The largest absolute Gasteiger partial charge is 0.488 e. The third-order valence-electron chi connectivity index (χ3n) is 5.50. The molecule has 0 saturated carbocycles. The number of hydrogen-bond acceptors (Lipinski definition) is 5. The number of hydrogen-bond donors (Lipinski definition) is 2. The first-order valence-corrected chi connectivity index (χ1v) is 12.1. The van der Waals surface area contributed by atoms with E-state index in [1.165, 1.54) is 17.2 Å². The summed E-state index contributed by atoms with van der Waals surface area (Å²) in [7, 11) is 0. The van der Waals surface area contributed by atoms with E-state index in [1.807, 2.05) is 23.9 Å². The van der Waals surface area contributed by atoms with Crippen molar-refractivity contribution in [1.82, 2.24) is 5.32 Å². The summed E-state index contributed by atoms with van der Waals surface area (Å²) in [4.78, 5) is 26.6. The average molecular weight is 462 g/mol. The molecule has 3 N–H and O–H groups in total. The second-order valence-corrected chi connectivity index (χ2v) is 9.02. The normalized spacial score (nSPS) is 13.4. The summed E-state index contributed by atoms with van der Waals surface area (Å²) in [5.41, 5.74) is 9.40. The van der Waals surface area contributed by atoms with Crippen molar-refractivity contribution < 1.29 is 14.3 Å². The fourth-order valence-electron chi connectivity index (χ4n) is 3.69. The van der Waals surface area contributed by atoms with Gasteiger partial charge in [0, 0.05) is 42.4 Å². The van der Waals surface area contributed by atoms with Gasteiger partial charge in [0.1, 0.15) is 12.4 Å². The Bertz CT molecular complexity index is 1110. The van der Waals surface area contributed by atoms with Crippen molar-refractivity contribution in [3.8, 4) is 5.75 Å². The van der Waals surface area contributed by atoms with E-state index in [1.54, 1.807) is 36.4 Å². The molecule has 0 unspecified atom stereocenters. The van der Waals surface area contributed by atoms with Crippen LogP contribution in [0.1, 0.15) is 31.8 Å². The molecule has 1 fully saturated rings. The number of nitrogens with zero attached hydrogens (tertiary/aromatic N) is 1. The molecule has 4 rings (SSSR count). The summed E-state index contributed by atoms with van der Waals surface area (Å²) in [6.45, 7) is 2.84. The standard InChI is InChI=1S/C26H27N3O3S/c27-25(30)23-6-1-2-7-24(23)32-18-20-4-3-5-21(16-20)26(31)28-17-19-8-10-22(11-9-19)29-12-14-33-15-13-29/h1-11,16H,12-15,17-18H2,(H2,27,30)(H,28,31). The van der Waals surface area contributed by atoms with Gasteiger partial charge in [-0.25, -0.2) is 0 Å². The van der Waals surface area contributed by atoms with E-state index in [2.05, 4.69) is 34.5 Å². The zero-order valence-corrected chi connectivity index (χ0v) is 19.1. The molecule has 0 aliphatic carbocycles. The van der Waals surface area contributed by atoms with Crippen LogP contribution in [0.3, 0.4) is 0 Å². The lowest BCUT2D eigenvalue weighted by Gasteiger charge is -2.28. The molecule has 0 radical (unpaired) electrons. The van der Waals surface area contributed by atoms with Gasteiger partial charge in [-0.3, -0.25) is 9.59 Å². The predicted octanol–water partition coefficient (Wildman–Crippen LogP) is 3.85. The summed E-state index contributed by atoms with van der Waals surface area (Å²) in [5, 5.41) is 2.98. The van der Waals surface area contributed by atoms with Crippen LogP contribution in [0.2, 0.25) is 0 Å². The Morgan fingerprint density at radius 2 is 1.70 bits per heavy atom. The van der Waals surface area contributed by atoms with Gasteiger partial charge >= 0.3 is 0 Å². The monoisotopic (exact) mass is 461 g/mol. The molecule has 1 aliphatic heterocycles. The molecular formula is C26H27N3O3S. The molecule has 1 saturated heterocycles. The Morgan fingerprint density at radius 3 is 2.45 bits per heavy atom. The van der Waals surface area contributed by atoms with Gasteiger partial charge in [-0.15, -0.1) is 0 Å². The maximum absolute atomic E-state index is 12.7. The molecule has 3 aromatic carbocycles. The number of thioether (sulfide) groups is 1. The van der Waals surface area contributed by atoms with Crippen LogP contribution in [0.25, 0.3) is 0 Å². The van der Waals surface area contributed by atoms with Gasteiger partial charge < -0.3 is 20.7 Å². The minimum atomic E-state index is -0.540. The van der Waals surface area contributed by atoms with Gasteiger partial charge in [0.2, 0.25) is 0 Å². The first-order valence-electron chi connectivity index (χ1n) is 10.9. The summed E-state index contributed by atoms with van der Waals surface area (Å²) in [5.74, 6) is 2.07. The predicted molar refractivity (Wildman–Crippen MR) is 133 cm³/mol. The van der Waals surface area contributed by atoms with Crippen molar-refractivity contribution in [3.05, 3.63) is 95.1 Å². The lowest BCUT2D eigenvalue weighted by Crippen LogP contribution is -2.32. The van der Waals surface area contributed by atoms with Crippen molar-refractivity contribution in [2.75, 3.05) is 29.5 Å². The molecule has 0 bridgehead atoms. The summed E-state index contributed by atoms with van der Waals surface area (Å²) in [6.07, 6.45) is 0. The maximum Gasteiger partial charge on any atom is 0.252 e. The number of primary amides is 1. The first-order chi connectivity index (χ1) is 16.1. The minimum absolute atomic E-state index is 0.147. The quantitative estimate of drug-likeness (QED) is 0.532. The van der Waals surface area contributed by atoms with E-state index in [4.69, 9.17) is 10.5 Å². The zero-order valence-electron chi connectivity index (χ0n) is 18.3. The van der Waals surface area contributed by atoms with E-state index < -0.39 is 5.91 Å². The third kappa shape index (κ3) is 6.08. The van der Waals surface area contributed by atoms with E-state index in [9.17, 15) is 9.59 Å². The number of benzene rings is 3. The zero-order chi connectivity index (χ0) is 23.0. The molecule has 0 aromatic heterocycles. The van der Waals surface area contributed by atoms with Gasteiger partial charge in [-0.05, 0) is 47.5 Å². The molecule has 0 spiro atoms. The lowest BCUT2D eigenvalue weighted by molar-refractivity contribution is 0.0949. The van der Waals surface area contributed by atoms with E-state index in [0.717, 1.165) is 24.2 Å². The van der Waals surface area contributed by atoms with Crippen molar-refractivity contribution in [1.29, 1.82) is 0 Å². The highest BCUT2D eigenvalue weighted by atomic mass is 32.2. The van der Waals surface area contributed by atoms with Crippen LogP contribution in [-0.4, -0.2) is 36.4 Å². The Kier molecular flexibility index (Phi) is 7.52. The van der Waals surface area contributed by atoms with Gasteiger partial charge in [0.05, 0.1) is 5.56 Å². The van der Waals surface area contributed by atoms with Crippen LogP contribution in [0.4, 0.5) is 5.69 Å². The number of carbonyl (C=O) groups excluding carboxylic acids is 2. The van der Waals surface area contributed by atoms with Crippen molar-refractivity contribution >= 4 is 29.3 Å².